The first-order valence-electron chi connectivity index (χ1n) is 7.04. The lowest BCUT2D eigenvalue weighted by molar-refractivity contribution is 0.476. The molecule has 18 heavy (non-hydrogen) atoms. The summed E-state index contributed by atoms with van der Waals surface area (Å²) >= 11 is 2.11. The number of imidazole rings is 1. The van der Waals surface area contributed by atoms with Crippen LogP contribution in [0.25, 0.3) is 0 Å². The van der Waals surface area contributed by atoms with Gasteiger partial charge < -0.3 is 10.3 Å². The van der Waals surface area contributed by atoms with Crippen LogP contribution in [0.15, 0.2) is 12.5 Å². The molecule has 0 aromatic carbocycles. The van der Waals surface area contributed by atoms with E-state index in [1.165, 1.54) is 30.7 Å². The van der Waals surface area contributed by atoms with Gasteiger partial charge in [0, 0.05) is 24.0 Å². The van der Waals surface area contributed by atoms with E-state index in [0.717, 1.165) is 18.2 Å². The molecule has 1 saturated heterocycles. The third-order valence-electron chi connectivity index (χ3n) is 3.52. The summed E-state index contributed by atoms with van der Waals surface area (Å²) in [6.45, 7) is 5.51. The van der Waals surface area contributed by atoms with Gasteiger partial charge in [0.2, 0.25) is 0 Å². The van der Waals surface area contributed by atoms with E-state index in [1.54, 1.807) is 0 Å². The number of nitrogens with two attached hydrogens (primary N) is 1. The number of hydrogen-bond acceptors (Lipinski definition) is 3. The van der Waals surface area contributed by atoms with Crippen LogP contribution in [0.3, 0.4) is 0 Å². The first kappa shape index (κ1) is 13.9. The highest BCUT2D eigenvalue weighted by Gasteiger charge is 2.18. The lowest BCUT2D eigenvalue weighted by atomic mass is 10.0. The summed E-state index contributed by atoms with van der Waals surface area (Å²) in [4.78, 5) is 4.29. The summed E-state index contributed by atoms with van der Waals surface area (Å²) in [5.74, 6) is 1.94. The van der Waals surface area contributed by atoms with Crippen LogP contribution in [-0.2, 0) is 6.54 Å². The van der Waals surface area contributed by atoms with Gasteiger partial charge in [-0.3, -0.25) is 0 Å². The molecular weight excluding hydrogens is 242 g/mol. The maximum absolute atomic E-state index is 6.28. The summed E-state index contributed by atoms with van der Waals surface area (Å²) in [6.07, 6.45) is 9.01. The zero-order valence-electron chi connectivity index (χ0n) is 11.5. The Morgan fingerprint density at radius 3 is 3.00 bits per heavy atom. The predicted octanol–water partition coefficient (Wildman–Crippen LogP) is 3.21. The Balaban J connectivity index is 1.98. The van der Waals surface area contributed by atoms with E-state index in [9.17, 15) is 0 Å². The fourth-order valence-electron chi connectivity index (χ4n) is 2.59. The summed E-state index contributed by atoms with van der Waals surface area (Å²) in [7, 11) is 0. The molecule has 2 heterocycles. The largest absolute Gasteiger partial charge is 0.332 e. The predicted molar refractivity (Wildman–Crippen MR) is 78.7 cm³/mol. The molecule has 1 aromatic rings. The van der Waals surface area contributed by atoms with Gasteiger partial charge in [0.25, 0.3) is 0 Å². The minimum Gasteiger partial charge on any atom is -0.332 e. The summed E-state index contributed by atoms with van der Waals surface area (Å²) in [5, 5.41) is 0.748. The fourth-order valence-corrected chi connectivity index (χ4v) is 3.90. The standard InChI is InChI=1S/C14H25N3S/c1-11(2)7-13(15)14-8-16-10-17(14)9-12-5-3-4-6-18-12/h8,10-13H,3-7,9,15H2,1-2H3. The van der Waals surface area contributed by atoms with Crippen LogP contribution in [0.5, 0.6) is 0 Å². The third-order valence-corrected chi connectivity index (χ3v) is 4.90. The molecule has 2 rings (SSSR count). The molecule has 0 saturated carbocycles. The summed E-state index contributed by atoms with van der Waals surface area (Å²) in [5.41, 5.74) is 7.48. The van der Waals surface area contributed by atoms with Crippen LogP contribution in [0.4, 0.5) is 0 Å². The van der Waals surface area contributed by atoms with Crippen LogP contribution in [0, 0.1) is 5.92 Å². The van der Waals surface area contributed by atoms with Gasteiger partial charge in [-0.25, -0.2) is 4.98 Å². The number of aromatic nitrogens is 2. The smallest absolute Gasteiger partial charge is 0.0949 e. The average Bonchev–Trinajstić information content (AvgIpc) is 2.77. The van der Waals surface area contributed by atoms with E-state index in [4.69, 9.17) is 5.73 Å². The number of rotatable bonds is 5. The molecule has 4 heteroatoms. The summed E-state index contributed by atoms with van der Waals surface area (Å²) < 4.78 is 2.27. The molecule has 3 nitrogen and oxygen atoms in total. The maximum Gasteiger partial charge on any atom is 0.0949 e. The second-order valence-electron chi connectivity index (χ2n) is 5.70. The van der Waals surface area contributed by atoms with Crippen molar-refractivity contribution in [2.45, 2.75) is 57.4 Å². The Hall–Kier alpha value is -0.480. The first-order chi connectivity index (χ1) is 8.66. The SMILES string of the molecule is CC(C)CC(N)c1cncn1CC1CCCCS1. The second kappa shape index (κ2) is 6.62. The van der Waals surface area contributed by atoms with E-state index < -0.39 is 0 Å². The Bertz CT molecular complexity index is 356. The normalized spacial score (nSPS) is 22.3. The zero-order valence-corrected chi connectivity index (χ0v) is 12.3. The first-order valence-corrected chi connectivity index (χ1v) is 8.09. The van der Waals surface area contributed by atoms with Crippen LogP contribution < -0.4 is 5.73 Å². The van der Waals surface area contributed by atoms with Gasteiger partial charge >= 0.3 is 0 Å². The van der Waals surface area contributed by atoms with Crippen molar-refractivity contribution in [3.8, 4) is 0 Å². The van der Waals surface area contributed by atoms with Gasteiger partial charge in [0.1, 0.15) is 0 Å². The van der Waals surface area contributed by atoms with Crippen molar-refractivity contribution in [1.29, 1.82) is 0 Å². The van der Waals surface area contributed by atoms with E-state index in [2.05, 4.69) is 35.2 Å². The van der Waals surface area contributed by atoms with E-state index in [0.29, 0.717) is 5.92 Å². The quantitative estimate of drug-likeness (QED) is 0.891. The van der Waals surface area contributed by atoms with E-state index in [-0.39, 0.29) is 6.04 Å². The highest BCUT2D eigenvalue weighted by Crippen LogP contribution is 2.27. The number of hydrogen-bond donors (Lipinski definition) is 1. The van der Waals surface area contributed by atoms with Gasteiger partial charge in [-0.05, 0) is 30.9 Å². The molecule has 0 radical (unpaired) electrons. The third kappa shape index (κ3) is 3.75. The monoisotopic (exact) mass is 267 g/mol. The van der Waals surface area contributed by atoms with Crippen molar-refractivity contribution < 1.29 is 0 Å². The lowest BCUT2D eigenvalue weighted by Gasteiger charge is -2.24. The van der Waals surface area contributed by atoms with Gasteiger partial charge in [-0.15, -0.1) is 0 Å². The van der Waals surface area contributed by atoms with Crippen molar-refractivity contribution in [2.75, 3.05) is 5.75 Å². The highest BCUT2D eigenvalue weighted by atomic mass is 32.2. The highest BCUT2D eigenvalue weighted by molar-refractivity contribution is 7.99. The molecular formula is C14H25N3S. The Morgan fingerprint density at radius 1 is 1.50 bits per heavy atom. The molecule has 1 aliphatic heterocycles. The minimum atomic E-state index is 0.126. The van der Waals surface area contributed by atoms with Gasteiger partial charge in [-0.2, -0.15) is 11.8 Å². The Kier molecular flexibility index (Phi) is 5.13. The van der Waals surface area contributed by atoms with Gasteiger partial charge in [-0.1, -0.05) is 20.3 Å². The topological polar surface area (TPSA) is 43.8 Å². The molecule has 0 aliphatic carbocycles. The molecule has 0 amide bonds. The van der Waals surface area contributed by atoms with E-state index in [1.807, 2.05) is 12.5 Å². The maximum atomic E-state index is 6.28. The summed E-state index contributed by atoms with van der Waals surface area (Å²) in [6, 6.07) is 0.126. The van der Waals surface area contributed by atoms with Gasteiger partial charge in [0.05, 0.1) is 12.0 Å². The number of nitrogens with zero attached hydrogens (tertiary/aromatic N) is 2. The Morgan fingerprint density at radius 2 is 2.33 bits per heavy atom. The molecule has 1 aromatic heterocycles. The van der Waals surface area contributed by atoms with Gasteiger partial charge in [0.15, 0.2) is 0 Å². The number of thioether (sulfide) groups is 1. The molecule has 0 bridgehead atoms. The molecule has 0 spiro atoms. The van der Waals surface area contributed by atoms with Crippen molar-refractivity contribution in [1.82, 2.24) is 9.55 Å². The molecule has 2 N–H and O–H groups in total. The van der Waals surface area contributed by atoms with Crippen molar-refractivity contribution in [3.63, 3.8) is 0 Å². The van der Waals surface area contributed by atoms with Crippen LogP contribution in [-0.4, -0.2) is 20.6 Å². The van der Waals surface area contributed by atoms with Crippen molar-refractivity contribution in [2.24, 2.45) is 11.7 Å². The van der Waals surface area contributed by atoms with Crippen LogP contribution in [0.1, 0.15) is 51.3 Å². The minimum absolute atomic E-state index is 0.126. The van der Waals surface area contributed by atoms with Crippen LogP contribution >= 0.6 is 11.8 Å². The molecule has 2 unspecified atom stereocenters. The zero-order chi connectivity index (χ0) is 13.0. The van der Waals surface area contributed by atoms with Crippen molar-refractivity contribution in [3.05, 3.63) is 18.2 Å². The molecule has 102 valence electrons. The van der Waals surface area contributed by atoms with E-state index >= 15 is 0 Å². The van der Waals surface area contributed by atoms with Crippen molar-refractivity contribution >= 4 is 11.8 Å². The molecule has 1 fully saturated rings. The molecule has 1 aliphatic rings. The Labute approximate surface area is 115 Å². The molecule has 2 atom stereocenters. The average molecular weight is 267 g/mol. The lowest BCUT2D eigenvalue weighted by Crippen LogP contribution is -2.22. The van der Waals surface area contributed by atoms with Crippen LogP contribution in [0.2, 0.25) is 0 Å². The second-order valence-corrected chi connectivity index (χ2v) is 7.10. The fraction of sp³-hybridized carbons (Fsp3) is 0.786.